The molecule has 4 heteroatoms. The van der Waals surface area contributed by atoms with Crippen molar-refractivity contribution >= 4 is 11.6 Å². The smallest absolute Gasteiger partial charge is 0.250 e. The largest absolute Gasteiger partial charge is 0.372 e. The molecule has 0 aliphatic carbocycles. The first kappa shape index (κ1) is 16.2. The molecule has 0 radical (unpaired) electrons. The topological polar surface area (TPSA) is 62.1 Å². The quantitative estimate of drug-likeness (QED) is 0.701. The average molecular weight is 274 g/mol. The van der Waals surface area contributed by atoms with E-state index in [1.54, 1.807) is 24.3 Å². The maximum atomic E-state index is 11.6. The molecule has 1 aromatic carbocycles. The monoisotopic (exact) mass is 274 g/mol. The van der Waals surface area contributed by atoms with Crippen LogP contribution < -0.4 is 5.32 Å². The van der Waals surface area contributed by atoms with Crippen molar-refractivity contribution in [3.8, 4) is 6.07 Å². The summed E-state index contributed by atoms with van der Waals surface area (Å²) in [5.41, 5.74) is 1.15. The van der Waals surface area contributed by atoms with Gasteiger partial charge in [0.25, 0.3) is 0 Å². The van der Waals surface area contributed by atoms with Crippen LogP contribution in [0, 0.1) is 11.3 Å². The minimum atomic E-state index is -0.186. The summed E-state index contributed by atoms with van der Waals surface area (Å²) in [4.78, 5) is 11.6. The molecule has 0 aliphatic rings. The summed E-state index contributed by atoms with van der Waals surface area (Å²) in [6.45, 7) is 2.86. The van der Waals surface area contributed by atoms with E-state index in [1.807, 2.05) is 6.07 Å². The molecule has 0 saturated heterocycles. The lowest BCUT2D eigenvalue weighted by Crippen LogP contribution is -2.18. The lowest BCUT2D eigenvalue weighted by Gasteiger charge is -2.06. The summed E-state index contributed by atoms with van der Waals surface area (Å²) in [5.74, 6) is -0.186. The van der Waals surface area contributed by atoms with E-state index < -0.39 is 0 Å². The predicted octanol–water partition coefficient (Wildman–Crippen LogP) is 3.48. The first-order valence-electron chi connectivity index (χ1n) is 7.14. The first-order chi connectivity index (χ1) is 9.76. The number of nitrogens with one attached hydrogen (secondary N) is 1. The Hall–Kier alpha value is -1.86. The van der Waals surface area contributed by atoms with Crippen molar-refractivity contribution < 1.29 is 9.53 Å². The van der Waals surface area contributed by atoms with Crippen molar-refractivity contribution in [2.75, 3.05) is 18.5 Å². The zero-order valence-corrected chi connectivity index (χ0v) is 12.0. The van der Waals surface area contributed by atoms with Gasteiger partial charge in [-0.15, -0.1) is 0 Å². The molecule has 0 aromatic heterocycles. The SMILES string of the molecule is CCCCCCCOCC(=O)Nc1cccc(C#N)c1. The van der Waals surface area contributed by atoms with Gasteiger partial charge in [-0.2, -0.15) is 5.26 Å². The molecule has 20 heavy (non-hydrogen) atoms. The summed E-state index contributed by atoms with van der Waals surface area (Å²) in [5, 5.41) is 11.5. The van der Waals surface area contributed by atoms with Crippen LogP contribution in [0.2, 0.25) is 0 Å². The van der Waals surface area contributed by atoms with Gasteiger partial charge in [0.05, 0.1) is 11.6 Å². The fourth-order valence-corrected chi connectivity index (χ4v) is 1.84. The van der Waals surface area contributed by atoms with E-state index in [0.717, 1.165) is 12.8 Å². The zero-order valence-electron chi connectivity index (χ0n) is 12.0. The number of carbonyl (C=O) groups is 1. The minimum Gasteiger partial charge on any atom is -0.372 e. The second-order valence-corrected chi connectivity index (χ2v) is 4.71. The van der Waals surface area contributed by atoms with E-state index in [1.165, 1.54) is 19.3 Å². The van der Waals surface area contributed by atoms with Gasteiger partial charge in [-0.05, 0) is 24.6 Å². The highest BCUT2D eigenvalue weighted by Gasteiger charge is 2.03. The number of rotatable bonds is 9. The van der Waals surface area contributed by atoms with Crippen molar-refractivity contribution in [1.82, 2.24) is 0 Å². The Kier molecular flexibility index (Phi) is 8.09. The highest BCUT2D eigenvalue weighted by molar-refractivity contribution is 5.91. The molecule has 0 fully saturated rings. The Morgan fingerprint density at radius 2 is 2.10 bits per heavy atom. The minimum absolute atomic E-state index is 0.0601. The molecule has 1 rings (SSSR count). The molecule has 0 saturated carbocycles. The Balaban J connectivity index is 2.15. The molecular weight excluding hydrogens is 252 g/mol. The summed E-state index contributed by atoms with van der Waals surface area (Å²) in [6, 6.07) is 8.87. The van der Waals surface area contributed by atoms with Gasteiger partial charge in [0.2, 0.25) is 5.91 Å². The number of hydrogen-bond donors (Lipinski definition) is 1. The molecule has 1 aromatic rings. The van der Waals surface area contributed by atoms with Crippen LogP contribution in [0.15, 0.2) is 24.3 Å². The Labute approximate surface area is 120 Å². The zero-order chi connectivity index (χ0) is 14.6. The van der Waals surface area contributed by atoms with Crippen LogP contribution >= 0.6 is 0 Å². The number of nitrogens with zero attached hydrogens (tertiary/aromatic N) is 1. The molecule has 0 aliphatic heterocycles. The van der Waals surface area contributed by atoms with E-state index in [0.29, 0.717) is 17.9 Å². The number of hydrogen-bond acceptors (Lipinski definition) is 3. The lowest BCUT2D eigenvalue weighted by atomic mass is 10.2. The van der Waals surface area contributed by atoms with E-state index >= 15 is 0 Å². The molecule has 108 valence electrons. The van der Waals surface area contributed by atoms with Gasteiger partial charge in [-0.25, -0.2) is 0 Å². The van der Waals surface area contributed by atoms with Gasteiger partial charge >= 0.3 is 0 Å². The van der Waals surface area contributed by atoms with E-state index in [4.69, 9.17) is 10.00 Å². The summed E-state index contributed by atoms with van der Waals surface area (Å²) in [7, 11) is 0. The number of nitriles is 1. The number of carbonyl (C=O) groups excluding carboxylic acids is 1. The maximum absolute atomic E-state index is 11.6. The fourth-order valence-electron chi connectivity index (χ4n) is 1.84. The van der Waals surface area contributed by atoms with Crippen LogP contribution in [0.3, 0.4) is 0 Å². The molecule has 0 bridgehead atoms. The molecule has 1 N–H and O–H groups in total. The third-order valence-electron chi connectivity index (χ3n) is 2.90. The Bertz CT molecular complexity index is 452. The van der Waals surface area contributed by atoms with Gasteiger partial charge in [-0.1, -0.05) is 38.7 Å². The summed E-state index contributed by atoms with van der Waals surface area (Å²) < 4.78 is 5.33. The fraction of sp³-hybridized carbons (Fsp3) is 0.500. The lowest BCUT2D eigenvalue weighted by molar-refractivity contribution is -0.120. The first-order valence-corrected chi connectivity index (χ1v) is 7.14. The third-order valence-corrected chi connectivity index (χ3v) is 2.90. The molecule has 4 nitrogen and oxygen atoms in total. The van der Waals surface area contributed by atoms with Gasteiger partial charge in [0, 0.05) is 12.3 Å². The molecule has 0 spiro atoms. The number of ether oxygens (including phenoxy) is 1. The van der Waals surface area contributed by atoms with Crippen molar-refractivity contribution in [1.29, 1.82) is 5.26 Å². The van der Waals surface area contributed by atoms with Gasteiger partial charge < -0.3 is 10.1 Å². The summed E-state index contributed by atoms with van der Waals surface area (Å²) in [6.07, 6.45) is 5.87. The van der Waals surface area contributed by atoms with E-state index in [-0.39, 0.29) is 12.5 Å². The van der Waals surface area contributed by atoms with E-state index in [9.17, 15) is 4.79 Å². The number of anilines is 1. The second kappa shape index (κ2) is 9.99. The number of benzene rings is 1. The highest BCUT2D eigenvalue weighted by atomic mass is 16.5. The maximum Gasteiger partial charge on any atom is 0.250 e. The highest BCUT2D eigenvalue weighted by Crippen LogP contribution is 2.09. The predicted molar refractivity (Wildman–Crippen MR) is 79.4 cm³/mol. The van der Waals surface area contributed by atoms with Crippen molar-refractivity contribution in [2.45, 2.75) is 39.0 Å². The molecular formula is C16H22N2O2. The van der Waals surface area contributed by atoms with Crippen molar-refractivity contribution in [3.05, 3.63) is 29.8 Å². The van der Waals surface area contributed by atoms with Crippen molar-refractivity contribution in [2.24, 2.45) is 0 Å². The average Bonchev–Trinajstić information content (AvgIpc) is 2.46. The number of amides is 1. The molecule has 0 heterocycles. The van der Waals surface area contributed by atoms with Gasteiger partial charge in [0.1, 0.15) is 6.61 Å². The normalized spacial score (nSPS) is 10.0. The van der Waals surface area contributed by atoms with Gasteiger partial charge in [-0.3, -0.25) is 4.79 Å². The molecule has 0 unspecified atom stereocenters. The van der Waals surface area contributed by atoms with E-state index in [2.05, 4.69) is 12.2 Å². The van der Waals surface area contributed by atoms with Crippen LogP contribution in [0.1, 0.15) is 44.6 Å². The Morgan fingerprint density at radius 1 is 1.30 bits per heavy atom. The number of unbranched alkanes of at least 4 members (excludes halogenated alkanes) is 4. The summed E-state index contributed by atoms with van der Waals surface area (Å²) >= 11 is 0. The third kappa shape index (κ3) is 6.91. The molecule has 0 atom stereocenters. The van der Waals surface area contributed by atoms with Crippen LogP contribution in [0.4, 0.5) is 5.69 Å². The van der Waals surface area contributed by atoms with Crippen LogP contribution in [-0.2, 0) is 9.53 Å². The molecule has 1 amide bonds. The van der Waals surface area contributed by atoms with Crippen LogP contribution in [0.25, 0.3) is 0 Å². The standard InChI is InChI=1S/C16H22N2O2/c1-2-3-4-5-6-10-20-13-16(19)18-15-9-7-8-14(11-15)12-17/h7-9,11H,2-6,10,13H2,1H3,(H,18,19). The second-order valence-electron chi connectivity index (χ2n) is 4.71. The van der Waals surface area contributed by atoms with Crippen LogP contribution in [-0.4, -0.2) is 19.1 Å². The van der Waals surface area contributed by atoms with Crippen LogP contribution in [0.5, 0.6) is 0 Å². The Morgan fingerprint density at radius 3 is 2.85 bits per heavy atom. The van der Waals surface area contributed by atoms with Gasteiger partial charge in [0.15, 0.2) is 0 Å². The van der Waals surface area contributed by atoms with Crippen molar-refractivity contribution in [3.63, 3.8) is 0 Å².